The number of hydrogen-bond donors (Lipinski definition) is 2. The highest BCUT2D eigenvalue weighted by molar-refractivity contribution is 6.03. The summed E-state index contributed by atoms with van der Waals surface area (Å²) in [7, 11) is 0. The number of carbonyl (C=O) groups excluding carboxylic acids is 1. The number of anilines is 1. The Kier molecular flexibility index (Phi) is 4.87. The molecule has 1 aliphatic rings. The SMILES string of the molecule is CCOC(=O)c1c(O)c2ccc(F)c3c2n(c1=O)C(c1ccc(C(F)(F)F)cc1)CN3. The second kappa shape index (κ2) is 7.29. The minimum atomic E-state index is -4.53. The third kappa shape index (κ3) is 3.28. The number of aromatic nitrogens is 1. The molecule has 1 aromatic heterocycles. The van der Waals surface area contributed by atoms with E-state index >= 15 is 0 Å². The summed E-state index contributed by atoms with van der Waals surface area (Å²) in [6.45, 7) is 1.45. The Balaban J connectivity index is 2.00. The lowest BCUT2D eigenvalue weighted by atomic mass is 9.99. The van der Waals surface area contributed by atoms with E-state index in [1.807, 2.05) is 0 Å². The quantitative estimate of drug-likeness (QED) is 0.478. The maximum Gasteiger partial charge on any atom is 0.416 e. The fourth-order valence-electron chi connectivity index (χ4n) is 3.77. The molecular weight excluding hydrogens is 420 g/mol. The van der Waals surface area contributed by atoms with Crippen LogP contribution in [-0.4, -0.2) is 28.8 Å². The minimum absolute atomic E-state index is 0.00620. The highest BCUT2D eigenvalue weighted by Crippen LogP contribution is 2.39. The summed E-state index contributed by atoms with van der Waals surface area (Å²) < 4.78 is 59.2. The Morgan fingerprint density at radius 3 is 2.52 bits per heavy atom. The summed E-state index contributed by atoms with van der Waals surface area (Å²) in [6.07, 6.45) is -4.53. The third-order valence-corrected chi connectivity index (χ3v) is 5.18. The smallest absolute Gasteiger partial charge is 0.416 e. The van der Waals surface area contributed by atoms with E-state index in [0.717, 1.165) is 22.8 Å². The number of carbonyl (C=O) groups is 1. The Morgan fingerprint density at radius 1 is 1.23 bits per heavy atom. The Morgan fingerprint density at radius 2 is 1.90 bits per heavy atom. The number of hydrogen-bond acceptors (Lipinski definition) is 5. The molecule has 1 aliphatic heterocycles. The molecule has 4 rings (SSSR count). The topological polar surface area (TPSA) is 80.6 Å². The first kappa shape index (κ1) is 20.7. The van der Waals surface area contributed by atoms with E-state index in [2.05, 4.69) is 5.32 Å². The molecule has 2 heterocycles. The van der Waals surface area contributed by atoms with Crippen molar-refractivity contribution in [3.63, 3.8) is 0 Å². The zero-order valence-electron chi connectivity index (χ0n) is 16.1. The maximum atomic E-state index is 14.4. The monoisotopic (exact) mass is 436 g/mol. The molecular formula is C21H16F4N2O4. The van der Waals surface area contributed by atoms with Gasteiger partial charge in [-0.15, -0.1) is 0 Å². The molecule has 2 aromatic carbocycles. The van der Waals surface area contributed by atoms with Gasteiger partial charge in [0.2, 0.25) is 0 Å². The molecule has 6 nitrogen and oxygen atoms in total. The fourth-order valence-corrected chi connectivity index (χ4v) is 3.77. The zero-order valence-corrected chi connectivity index (χ0v) is 16.1. The second-order valence-corrected chi connectivity index (χ2v) is 6.95. The molecule has 0 spiro atoms. The van der Waals surface area contributed by atoms with Crippen LogP contribution < -0.4 is 10.9 Å². The second-order valence-electron chi connectivity index (χ2n) is 6.95. The van der Waals surface area contributed by atoms with Crippen molar-refractivity contribution in [1.82, 2.24) is 4.57 Å². The van der Waals surface area contributed by atoms with Gasteiger partial charge in [-0.2, -0.15) is 13.2 Å². The molecule has 0 bridgehead atoms. The number of halogens is 4. The van der Waals surface area contributed by atoms with E-state index in [1.54, 1.807) is 0 Å². The van der Waals surface area contributed by atoms with Gasteiger partial charge in [0, 0.05) is 11.9 Å². The van der Waals surface area contributed by atoms with Gasteiger partial charge >= 0.3 is 12.1 Å². The van der Waals surface area contributed by atoms with Crippen molar-refractivity contribution in [2.75, 3.05) is 18.5 Å². The molecule has 1 atom stereocenters. The van der Waals surface area contributed by atoms with Crippen molar-refractivity contribution < 1.29 is 32.2 Å². The number of alkyl halides is 3. The Bertz CT molecular complexity index is 1250. The number of aromatic hydroxyl groups is 1. The maximum absolute atomic E-state index is 14.4. The first-order chi connectivity index (χ1) is 14.6. The van der Waals surface area contributed by atoms with E-state index in [-0.39, 0.29) is 29.7 Å². The number of benzene rings is 2. The zero-order chi connectivity index (χ0) is 22.5. The van der Waals surface area contributed by atoms with Gasteiger partial charge in [0.05, 0.1) is 29.4 Å². The van der Waals surface area contributed by atoms with Gasteiger partial charge in [0.15, 0.2) is 5.56 Å². The largest absolute Gasteiger partial charge is 0.506 e. The van der Waals surface area contributed by atoms with E-state index in [9.17, 15) is 32.3 Å². The Hall–Kier alpha value is -3.56. The minimum Gasteiger partial charge on any atom is -0.506 e. The highest BCUT2D eigenvalue weighted by atomic mass is 19.4. The van der Waals surface area contributed by atoms with Crippen molar-refractivity contribution in [1.29, 1.82) is 0 Å². The van der Waals surface area contributed by atoms with Crippen LogP contribution in [0.1, 0.15) is 34.5 Å². The lowest BCUT2D eigenvalue weighted by molar-refractivity contribution is -0.137. The van der Waals surface area contributed by atoms with Crippen molar-refractivity contribution in [3.05, 3.63) is 69.3 Å². The van der Waals surface area contributed by atoms with E-state index in [1.165, 1.54) is 25.1 Å². The molecule has 162 valence electrons. The average molecular weight is 436 g/mol. The summed E-state index contributed by atoms with van der Waals surface area (Å²) in [5.74, 6) is -2.38. The predicted molar refractivity (Wildman–Crippen MR) is 104 cm³/mol. The van der Waals surface area contributed by atoms with E-state index in [0.29, 0.717) is 5.56 Å². The standard InChI is InChI=1S/C21H16F4N2O4/c1-2-31-20(30)15-18(28)12-7-8-13(22)16-17(12)27(19(15)29)14(9-26-16)10-3-5-11(6-4-10)21(23,24)25/h3-8,14,26,28H,2,9H2,1H3. The lowest BCUT2D eigenvalue weighted by Crippen LogP contribution is -2.37. The number of nitrogens with zero attached hydrogens (tertiary/aromatic N) is 1. The van der Waals surface area contributed by atoms with Gasteiger partial charge in [0.1, 0.15) is 11.6 Å². The average Bonchev–Trinajstić information content (AvgIpc) is 2.72. The van der Waals surface area contributed by atoms with Crippen LogP contribution in [0.5, 0.6) is 5.75 Å². The van der Waals surface area contributed by atoms with Crippen LogP contribution in [0.4, 0.5) is 23.2 Å². The molecule has 0 radical (unpaired) electrons. The molecule has 0 amide bonds. The van der Waals surface area contributed by atoms with E-state index in [4.69, 9.17) is 4.74 Å². The summed E-state index contributed by atoms with van der Waals surface area (Å²) in [5.41, 5.74) is -2.12. The molecule has 10 heteroatoms. The highest BCUT2D eigenvalue weighted by Gasteiger charge is 2.33. The van der Waals surface area contributed by atoms with Crippen molar-refractivity contribution >= 4 is 22.6 Å². The fraction of sp³-hybridized carbons (Fsp3) is 0.238. The van der Waals surface area contributed by atoms with Crippen LogP contribution in [0, 0.1) is 5.82 Å². The number of rotatable bonds is 3. The summed E-state index contributed by atoms with van der Waals surface area (Å²) in [4.78, 5) is 25.6. The molecule has 31 heavy (non-hydrogen) atoms. The van der Waals surface area contributed by atoms with Gasteiger partial charge in [-0.3, -0.25) is 9.36 Å². The van der Waals surface area contributed by atoms with Crippen LogP contribution in [0.3, 0.4) is 0 Å². The molecule has 0 aliphatic carbocycles. The van der Waals surface area contributed by atoms with Gasteiger partial charge in [-0.05, 0) is 36.8 Å². The number of pyridine rings is 1. The molecule has 0 fully saturated rings. The van der Waals surface area contributed by atoms with Gasteiger partial charge in [-0.1, -0.05) is 12.1 Å². The molecule has 3 aromatic rings. The Labute approximate surface area is 172 Å². The van der Waals surface area contributed by atoms with Gasteiger partial charge < -0.3 is 15.2 Å². The summed E-state index contributed by atoms with van der Waals surface area (Å²) >= 11 is 0. The number of ether oxygens (including phenoxy) is 1. The van der Waals surface area contributed by atoms with Gasteiger partial charge in [0.25, 0.3) is 5.56 Å². The van der Waals surface area contributed by atoms with Crippen LogP contribution >= 0.6 is 0 Å². The van der Waals surface area contributed by atoms with Gasteiger partial charge in [-0.25, -0.2) is 9.18 Å². The molecule has 2 N–H and O–H groups in total. The molecule has 0 saturated carbocycles. The van der Waals surface area contributed by atoms with Crippen molar-refractivity contribution in [2.45, 2.75) is 19.1 Å². The van der Waals surface area contributed by atoms with E-state index < -0.39 is 46.4 Å². The van der Waals surface area contributed by atoms with Crippen LogP contribution in [0.25, 0.3) is 10.9 Å². The summed E-state index contributed by atoms with van der Waals surface area (Å²) in [5, 5.41) is 13.4. The number of nitrogens with one attached hydrogen (secondary N) is 1. The lowest BCUT2D eigenvalue weighted by Gasteiger charge is -2.30. The predicted octanol–water partition coefficient (Wildman–Crippen LogP) is 4.06. The molecule has 1 unspecified atom stereocenters. The number of esters is 1. The molecule has 0 saturated heterocycles. The van der Waals surface area contributed by atoms with Crippen LogP contribution in [0.15, 0.2) is 41.2 Å². The first-order valence-corrected chi connectivity index (χ1v) is 9.33. The van der Waals surface area contributed by atoms with Crippen LogP contribution in [-0.2, 0) is 10.9 Å². The van der Waals surface area contributed by atoms with Crippen LogP contribution in [0.2, 0.25) is 0 Å². The van der Waals surface area contributed by atoms with Crippen molar-refractivity contribution in [3.8, 4) is 5.75 Å². The third-order valence-electron chi connectivity index (χ3n) is 5.18. The van der Waals surface area contributed by atoms with Crippen molar-refractivity contribution in [2.24, 2.45) is 0 Å². The normalized spacial score (nSPS) is 15.6. The first-order valence-electron chi connectivity index (χ1n) is 9.33. The summed E-state index contributed by atoms with van der Waals surface area (Å²) in [6, 6.07) is 5.63.